The number of aromatic amines is 1. The number of halogens is 2. The van der Waals surface area contributed by atoms with Gasteiger partial charge in [-0.25, -0.2) is 13.8 Å². The maximum atomic E-state index is 13.8. The highest BCUT2D eigenvalue weighted by molar-refractivity contribution is 7.14. The summed E-state index contributed by atoms with van der Waals surface area (Å²) in [5.74, 6) is -1.33. The smallest absolute Gasteiger partial charge is 0.230 e. The topological polar surface area (TPSA) is 57.8 Å². The molecule has 7 heteroatoms. The predicted molar refractivity (Wildman–Crippen MR) is 98.1 cm³/mol. The van der Waals surface area contributed by atoms with Crippen molar-refractivity contribution in [1.82, 2.24) is 9.97 Å². The van der Waals surface area contributed by atoms with Crippen LogP contribution in [-0.2, 0) is 11.2 Å². The number of aromatic nitrogens is 2. The monoisotopic (exact) mass is 369 g/mol. The van der Waals surface area contributed by atoms with Gasteiger partial charge in [-0.3, -0.25) is 4.79 Å². The molecule has 0 saturated carbocycles. The molecule has 4 rings (SSSR count). The Morgan fingerprint density at radius 3 is 2.92 bits per heavy atom. The second-order valence-electron chi connectivity index (χ2n) is 5.75. The molecule has 2 aromatic heterocycles. The standard InChI is InChI=1S/C19H13F2N3OS/c20-12-5-6-15(21)14(8-12)17-10-26-19(23-17)24-18(25)7-11-9-22-16-4-2-1-3-13(11)16/h1-6,8-10,22H,7H2,(H,23,24,25). The van der Waals surface area contributed by atoms with Gasteiger partial charge in [-0.1, -0.05) is 18.2 Å². The molecular weight excluding hydrogens is 356 g/mol. The third-order valence-corrected chi connectivity index (χ3v) is 4.74. The normalized spacial score (nSPS) is 11.0. The summed E-state index contributed by atoms with van der Waals surface area (Å²) in [6.07, 6.45) is 1.99. The van der Waals surface area contributed by atoms with Gasteiger partial charge in [-0.2, -0.15) is 0 Å². The number of nitrogens with zero attached hydrogens (tertiary/aromatic N) is 1. The van der Waals surface area contributed by atoms with Crippen molar-refractivity contribution in [3.8, 4) is 11.3 Å². The van der Waals surface area contributed by atoms with Gasteiger partial charge in [-0.05, 0) is 29.8 Å². The van der Waals surface area contributed by atoms with Gasteiger partial charge in [0.15, 0.2) is 5.13 Å². The van der Waals surface area contributed by atoms with E-state index in [4.69, 9.17) is 0 Å². The minimum absolute atomic E-state index is 0.0679. The first kappa shape index (κ1) is 16.4. The van der Waals surface area contributed by atoms with Gasteiger partial charge in [0, 0.05) is 28.0 Å². The molecule has 0 aliphatic rings. The van der Waals surface area contributed by atoms with Crippen LogP contribution < -0.4 is 5.32 Å². The molecular formula is C19H13F2N3OS. The third-order valence-electron chi connectivity index (χ3n) is 3.98. The first-order valence-electron chi connectivity index (χ1n) is 7.86. The zero-order valence-electron chi connectivity index (χ0n) is 13.4. The van der Waals surface area contributed by atoms with Gasteiger partial charge in [0.05, 0.1) is 12.1 Å². The number of para-hydroxylation sites is 1. The molecule has 0 spiro atoms. The van der Waals surface area contributed by atoms with Crippen molar-refractivity contribution in [2.75, 3.05) is 5.32 Å². The Balaban J connectivity index is 1.50. The second kappa shape index (κ2) is 6.68. The van der Waals surface area contributed by atoms with Gasteiger partial charge in [0.25, 0.3) is 0 Å². The number of anilines is 1. The average molecular weight is 369 g/mol. The summed E-state index contributed by atoms with van der Waals surface area (Å²) in [5.41, 5.74) is 2.20. The summed E-state index contributed by atoms with van der Waals surface area (Å²) < 4.78 is 27.2. The molecule has 1 amide bonds. The highest BCUT2D eigenvalue weighted by atomic mass is 32.1. The molecule has 0 radical (unpaired) electrons. The summed E-state index contributed by atoms with van der Waals surface area (Å²) in [5, 5.41) is 5.62. The largest absolute Gasteiger partial charge is 0.361 e. The Labute approximate surface area is 151 Å². The molecule has 0 aliphatic carbocycles. The van der Waals surface area contributed by atoms with Crippen LogP contribution in [0.15, 0.2) is 54.0 Å². The molecule has 4 aromatic rings. The zero-order valence-corrected chi connectivity index (χ0v) is 14.2. The lowest BCUT2D eigenvalue weighted by molar-refractivity contribution is -0.115. The van der Waals surface area contributed by atoms with E-state index in [2.05, 4.69) is 15.3 Å². The van der Waals surface area contributed by atoms with Crippen molar-refractivity contribution >= 4 is 33.3 Å². The fraction of sp³-hybridized carbons (Fsp3) is 0.0526. The van der Waals surface area contributed by atoms with Crippen molar-refractivity contribution < 1.29 is 13.6 Å². The van der Waals surface area contributed by atoms with E-state index in [1.54, 1.807) is 11.6 Å². The summed E-state index contributed by atoms with van der Waals surface area (Å²) in [7, 11) is 0. The number of thiazole rings is 1. The van der Waals surface area contributed by atoms with Crippen molar-refractivity contribution in [3.05, 3.63) is 71.2 Å². The van der Waals surface area contributed by atoms with Crippen molar-refractivity contribution in [3.63, 3.8) is 0 Å². The van der Waals surface area contributed by atoms with Crippen LogP contribution in [0.4, 0.5) is 13.9 Å². The van der Waals surface area contributed by atoms with Gasteiger partial charge < -0.3 is 10.3 Å². The number of amides is 1. The summed E-state index contributed by atoms with van der Waals surface area (Å²) in [6.45, 7) is 0. The molecule has 0 unspecified atom stereocenters. The van der Waals surface area contributed by atoms with Gasteiger partial charge in [-0.15, -0.1) is 11.3 Å². The van der Waals surface area contributed by atoms with Crippen molar-refractivity contribution in [1.29, 1.82) is 0 Å². The molecule has 26 heavy (non-hydrogen) atoms. The predicted octanol–water partition coefficient (Wildman–Crippen LogP) is 4.75. The molecule has 130 valence electrons. The molecule has 0 fully saturated rings. The lowest BCUT2D eigenvalue weighted by atomic mass is 10.1. The van der Waals surface area contributed by atoms with E-state index in [1.165, 1.54) is 0 Å². The number of hydrogen-bond donors (Lipinski definition) is 2. The lowest BCUT2D eigenvalue weighted by Gasteiger charge is -2.02. The molecule has 2 N–H and O–H groups in total. The summed E-state index contributed by atoms with van der Waals surface area (Å²) >= 11 is 1.16. The Morgan fingerprint density at radius 2 is 2.04 bits per heavy atom. The zero-order chi connectivity index (χ0) is 18.1. The van der Waals surface area contributed by atoms with E-state index in [1.807, 2.05) is 24.3 Å². The van der Waals surface area contributed by atoms with Gasteiger partial charge in [0.2, 0.25) is 5.91 Å². The molecule has 0 aliphatic heterocycles. The number of H-pyrrole nitrogens is 1. The van der Waals surface area contributed by atoms with Crippen LogP contribution in [0.25, 0.3) is 22.2 Å². The Morgan fingerprint density at radius 1 is 1.19 bits per heavy atom. The molecule has 4 nitrogen and oxygen atoms in total. The van der Waals surface area contributed by atoms with Crippen LogP contribution in [0.1, 0.15) is 5.56 Å². The Hall–Kier alpha value is -3.06. The van der Waals surface area contributed by atoms with E-state index >= 15 is 0 Å². The molecule has 0 atom stereocenters. The fourth-order valence-corrected chi connectivity index (χ4v) is 3.49. The van der Waals surface area contributed by atoms with Crippen molar-refractivity contribution in [2.45, 2.75) is 6.42 Å². The maximum absolute atomic E-state index is 13.8. The van der Waals surface area contributed by atoms with Gasteiger partial charge >= 0.3 is 0 Å². The van der Waals surface area contributed by atoms with Crippen LogP contribution >= 0.6 is 11.3 Å². The summed E-state index contributed by atoms with van der Waals surface area (Å²) in [4.78, 5) is 19.6. The van der Waals surface area contributed by atoms with Crippen LogP contribution in [0.3, 0.4) is 0 Å². The molecule has 0 saturated heterocycles. The van der Waals surface area contributed by atoms with Gasteiger partial charge in [0.1, 0.15) is 11.6 Å². The number of rotatable bonds is 4. The summed E-state index contributed by atoms with van der Waals surface area (Å²) in [6, 6.07) is 10.9. The van der Waals surface area contributed by atoms with Crippen LogP contribution in [0.2, 0.25) is 0 Å². The van der Waals surface area contributed by atoms with E-state index in [-0.39, 0.29) is 23.6 Å². The minimum atomic E-state index is -0.562. The highest BCUT2D eigenvalue weighted by Crippen LogP contribution is 2.28. The van der Waals surface area contributed by atoms with Crippen molar-refractivity contribution in [2.24, 2.45) is 0 Å². The maximum Gasteiger partial charge on any atom is 0.230 e. The Kier molecular flexibility index (Phi) is 4.22. The molecule has 2 heterocycles. The molecule has 2 aromatic carbocycles. The minimum Gasteiger partial charge on any atom is -0.361 e. The number of hydrogen-bond acceptors (Lipinski definition) is 3. The molecule has 0 bridgehead atoms. The van der Waals surface area contributed by atoms with E-state index in [9.17, 15) is 13.6 Å². The first-order valence-corrected chi connectivity index (χ1v) is 8.74. The number of carbonyl (C=O) groups excluding carboxylic acids is 1. The average Bonchev–Trinajstić information content (AvgIpc) is 3.25. The van der Waals surface area contributed by atoms with E-state index in [0.29, 0.717) is 5.13 Å². The first-order chi connectivity index (χ1) is 12.6. The second-order valence-corrected chi connectivity index (χ2v) is 6.60. The van der Waals surface area contributed by atoms with Crippen LogP contribution in [0.5, 0.6) is 0 Å². The highest BCUT2D eigenvalue weighted by Gasteiger charge is 2.13. The van der Waals surface area contributed by atoms with E-state index < -0.39 is 11.6 Å². The van der Waals surface area contributed by atoms with E-state index in [0.717, 1.165) is 46.0 Å². The number of benzene rings is 2. The third kappa shape index (κ3) is 3.21. The van der Waals surface area contributed by atoms with Crippen LogP contribution in [-0.4, -0.2) is 15.9 Å². The fourth-order valence-electron chi connectivity index (χ4n) is 2.76. The van der Waals surface area contributed by atoms with Crippen LogP contribution in [0, 0.1) is 11.6 Å². The quantitative estimate of drug-likeness (QED) is 0.545. The number of carbonyl (C=O) groups is 1. The number of nitrogens with one attached hydrogen (secondary N) is 2. The SMILES string of the molecule is O=C(Cc1c[nH]c2ccccc12)Nc1nc(-c2cc(F)ccc2F)cs1. The Bertz CT molecular complexity index is 1100. The lowest BCUT2D eigenvalue weighted by Crippen LogP contribution is -2.14. The number of fused-ring (bicyclic) bond motifs is 1.